The number of nitrogens with one attached hydrogen (secondary N) is 1. The second kappa shape index (κ2) is 7.61. The van der Waals surface area contributed by atoms with Gasteiger partial charge in [0.1, 0.15) is 0 Å². The summed E-state index contributed by atoms with van der Waals surface area (Å²) < 4.78 is 32.8. The van der Waals surface area contributed by atoms with Gasteiger partial charge in [-0.25, -0.2) is 13.1 Å². The van der Waals surface area contributed by atoms with Crippen LogP contribution in [0, 0.1) is 6.92 Å². The number of nitrogens with zero attached hydrogens (tertiary/aromatic N) is 2. The second-order valence-electron chi connectivity index (χ2n) is 7.43. The van der Waals surface area contributed by atoms with Gasteiger partial charge in [0.25, 0.3) is 0 Å². The van der Waals surface area contributed by atoms with Crippen molar-refractivity contribution in [1.82, 2.24) is 9.62 Å². The van der Waals surface area contributed by atoms with E-state index in [1.165, 1.54) is 0 Å². The summed E-state index contributed by atoms with van der Waals surface area (Å²) in [4.78, 5) is 4.61. The molecule has 1 aromatic carbocycles. The predicted octanol–water partition coefficient (Wildman–Crippen LogP) is 1.34. The Bertz CT molecular complexity index is 694. The second-order valence-corrected chi connectivity index (χ2v) is 9.18. The Morgan fingerprint density at radius 1 is 1.24 bits per heavy atom. The minimum Gasteiger partial charge on any atom is -0.378 e. The molecule has 3 rings (SSSR count). The molecule has 0 atom stereocenters. The van der Waals surface area contributed by atoms with Crippen molar-refractivity contribution < 1.29 is 13.2 Å². The number of sulfonamides is 1. The highest BCUT2D eigenvalue weighted by atomic mass is 32.2. The maximum absolute atomic E-state index is 12.5. The number of piperidine rings is 1. The zero-order valence-electron chi connectivity index (χ0n) is 15.4. The fourth-order valence-electron chi connectivity index (χ4n) is 3.57. The number of hydrogen-bond acceptors (Lipinski definition) is 5. The van der Waals surface area contributed by atoms with Crippen molar-refractivity contribution in [1.29, 1.82) is 0 Å². The first kappa shape index (κ1) is 18.6. The minimum atomic E-state index is -3.36. The molecule has 2 aliphatic rings. The van der Waals surface area contributed by atoms with Crippen molar-refractivity contribution in [3.63, 3.8) is 0 Å². The molecule has 6 nitrogen and oxygen atoms in total. The van der Waals surface area contributed by atoms with Gasteiger partial charge in [-0.2, -0.15) is 0 Å². The molecule has 140 valence electrons. The summed E-state index contributed by atoms with van der Waals surface area (Å²) in [5.74, 6) is 0.0219. The van der Waals surface area contributed by atoms with Gasteiger partial charge >= 0.3 is 0 Å². The average Bonchev–Trinajstić information content (AvgIpc) is 2.51. The minimum absolute atomic E-state index is 0.0219. The lowest BCUT2D eigenvalue weighted by Crippen LogP contribution is -2.48. The van der Waals surface area contributed by atoms with Crippen LogP contribution in [-0.4, -0.2) is 65.8 Å². The highest BCUT2D eigenvalue weighted by molar-refractivity contribution is 7.88. The molecule has 7 heteroatoms. The van der Waals surface area contributed by atoms with Crippen molar-refractivity contribution >= 4 is 15.7 Å². The molecule has 0 unspecified atom stereocenters. The number of ether oxygens (including phenoxy) is 1. The van der Waals surface area contributed by atoms with Gasteiger partial charge in [-0.15, -0.1) is 0 Å². The lowest BCUT2D eigenvalue weighted by atomic mass is 10.0. The van der Waals surface area contributed by atoms with Crippen LogP contribution < -0.4 is 9.62 Å². The third-order valence-corrected chi connectivity index (χ3v) is 6.48. The molecule has 0 aromatic heterocycles. The van der Waals surface area contributed by atoms with Crippen LogP contribution in [0.4, 0.5) is 5.69 Å². The topological polar surface area (TPSA) is 61.9 Å². The first-order chi connectivity index (χ1) is 11.8. The quantitative estimate of drug-likeness (QED) is 0.822. The Morgan fingerprint density at radius 3 is 2.48 bits per heavy atom. The lowest BCUT2D eigenvalue weighted by Gasteiger charge is -2.37. The Hall–Kier alpha value is -1.15. The number of rotatable bonds is 6. The van der Waals surface area contributed by atoms with Crippen molar-refractivity contribution in [3.05, 3.63) is 29.3 Å². The van der Waals surface area contributed by atoms with E-state index in [0.717, 1.165) is 42.7 Å². The monoisotopic (exact) mass is 367 g/mol. The highest BCUT2D eigenvalue weighted by Crippen LogP contribution is 2.28. The zero-order valence-corrected chi connectivity index (χ0v) is 16.2. The molecule has 0 spiro atoms. The lowest BCUT2D eigenvalue weighted by molar-refractivity contribution is 0.00480. The maximum atomic E-state index is 12.5. The van der Waals surface area contributed by atoms with Crippen LogP contribution in [0.1, 0.15) is 24.0 Å². The number of benzene rings is 1. The molecule has 2 heterocycles. The molecule has 2 saturated heterocycles. The summed E-state index contributed by atoms with van der Waals surface area (Å²) in [6.45, 7) is 4.87. The molecule has 0 aliphatic carbocycles. The Kier molecular flexibility index (Phi) is 5.68. The largest absolute Gasteiger partial charge is 0.378 e. The van der Waals surface area contributed by atoms with E-state index >= 15 is 0 Å². The van der Waals surface area contributed by atoms with Crippen molar-refractivity contribution in [3.8, 4) is 0 Å². The Morgan fingerprint density at radius 2 is 1.92 bits per heavy atom. The van der Waals surface area contributed by atoms with Gasteiger partial charge in [0, 0.05) is 24.8 Å². The molecule has 25 heavy (non-hydrogen) atoms. The maximum Gasteiger partial charge on any atom is 0.216 e. The Labute approximate surface area is 151 Å². The fourth-order valence-corrected chi connectivity index (χ4v) is 4.93. The normalized spacial score (nSPS) is 20.1. The molecule has 0 bridgehead atoms. The summed E-state index contributed by atoms with van der Waals surface area (Å²) in [7, 11) is 0.888. The third kappa shape index (κ3) is 4.73. The van der Waals surface area contributed by atoms with Gasteiger partial charge in [-0.3, -0.25) is 0 Å². The summed E-state index contributed by atoms with van der Waals surface area (Å²) in [5, 5.41) is 0. The van der Waals surface area contributed by atoms with Gasteiger partial charge in [-0.05, 0) is 45.5 Å². The predicted molar refractivity (Wildman–Crippen MR) is 100 cm³/mol. The molecule has 1 aromatic rings. The first-order valence-electron chi connectivity index (χ1n) is 8.93. The molecule has 0 amide bonds. The molecule has 0 saturated carbocycles. The van der Waals surface area contributed by atoms with E-state index in [1.807, 2.05) is 13.0 Å². The van der Waals surface area contributed by atoms with Gasteiger partial charge in [0.2, 0.25) is 10.0 Å². The first-order valence-corrected chi connectivity index (χ1v) is 10.6. The summed E-state index contributed by atoms with van der Waals surface area (Å²) in [6.07, 6.45) is 2.20. The van der Waals surface area contributed by atoms with Crippen LogP contribution in [0.15, 0.2) is 18.2 Å². The number of anilines is 1. The summed E-state index contributed by atoms with van der Waals surface area (Å²) >= 11 is 0. The van der Waals surface area contributed by atoms with Gasteiger partial charge in [0.15, 0.2) is 0 Å². The third-order valence-electron chi connectivity index (χ3n) is 5.10. The van der Waals surface area contributed by atoms with Crippen LogP contribution in [0.3, 0.4) is 0 Å². The van der Waals surface area contributed by atoms with E-state index in [0.29, 0.717) is 19.3 Å². The van der Waals surface area contributed by atoms with E-state index in [1.54, 1.807) is 0 Å². The van der Waals surface area contributed by atoms with Crippen molar-refractivity contribution in [2.75, 3.05) is 45.3 Å². The van der Waals surface area contributed by atoms with E-state index in [-0.39, 0.29) is 11.8 Å². The molecule has 2 aliphatic heterocycles. The molecule has 2 fully saturated rings. The Balaban J connectivity index is 1.74. The number of aryl methyl sites for hydroxylation is 1. The van der Waals surface area contributed by atoms with Gasteiger partial charge < -0.3 is 14.5 Å². The van der Waals surface area contributed by atoms with E-state index in [9.17, 15) is 8.42 Å². The van der Waals surface area contributed by atoms with Gasteiger partial charge in [0.05, 0.1) is 25.0 Å². The molecule has 1 N–H and O–H groups in total. The van der Waals surface area contributed by atoms with Crippen LogP contribution in [0.25, 0.3) is 0 Å². The van der Waals surface area contributed by atoms with Crippen LogP contribution in [0.2, 0.25) is 0 Å². The zero-order chi connectivity index (χ0) is 18.0. The fraction of sp³-hybridized carbons (Fsp3) is 0.667. The number of hydrogen-bond donors (Lipinski definition) is 1. The van der Waals surface area contributed by atoms with Gasteiger partial charge in [-0.1, -0.05) is 17.7 Å². The van der Waals surface area contributed by atoms with E-state index < -0.39 is 10.0 Å². The van der Waals surface area contributed by atoms with Crippen LogP contribution in [-0.2, 0) is 20.5 Å². The standard InChI is InChI=1S/C18H29N3O3S/c1-14-4-5-18(21-8-6-17(7-9-21)20(2)3)15(10-14)13-25(22,23)19-16-11-24-12-16/h4-5,10,16-17,19H,6-9,11-13H2,1-3H3. The summed E-state index contributed by atoms with van der Waals surface area (Å²) in [5.41, 5.74) is 3.03. The smallest absolute Gasteiger partial charge is 0.216 e. The highest BCUT2D eigenvalue weighted by Gasteiger charge is 2.27. The van der Waals surface area contributed by atoms with E-state index in [2.05, 4.69) is 40.7 Å². The van der Waals surface area contributed by atoms with Crippen LogP contribution in [0.5, 0.6) is 0 Å². The van der Waals surface area contributed by atoms with E-state index in [4.69, 9.17) is 4.74 Å². The average molecular weight is 368 g/mol. The van der Waals surface area contributed by atoms with Crippen molar-refractivity contribution in [2.24, 2.45) is 0 Å². The molecular formula is C18H29N3O3S. The molecular weight excluding hydrogens is 338 g/mol. The van der Waals surface area contributed by atoms with Crippen LogP contribution >= 0.6 is 0 Å². The van der Waals surface area contributed by atoms with Crippen molar-refractivity contribution in [2.45, 2.75) is 37.6 Å². The summed E-state index contributed by atoms with van der Waals surface area (Å²) in [6, 6.07) is 6.67. The SMILES string of the molecule is Cc1ccc(N2CCC(N(C)C)CC2)c(CS(=O)(=O)NC2COC2)c1. The molecule has 0 radical (unpaired) electrons.